The summed E-state index contributed by atoms with van der Waals surface area (Å²) in [4.78, 5) is 40.4. The Hall–Kier alpha value is -2.35. The summed E-state index contributed by atoms with van der Waals surface area (Å²) in [6.07, 6.45) is 8.58. The maximum atomic E-state index is 13.5. The quantitative estimate of drug-likeness (QED) is 0.495. The average Bonchev–Trinajstić information content (AvgIpc) is 3.17. The third-order valence-corrected chi connectivity index (χ3v) is 8.97. The Morgan fingerprint density at radius 1 is 1.06 bits per heavy atom. The second kappa shape index (κ2) is 7.07. The summed E-state index contributed by atoms with van der Waals surface area (Å²) in [7, 11) is 0. The fraction of sp³-hybridized carbons (Fsp3) is 0.542. The van der Waals surface area contributed by atoms with Gasteiger partial charge in [-0.05, 0) is 92.4 Å². The van der Waals surface area contributed by atoms with E-state index in [0.29, 0.717) is 39.3 Å². The summed E-state index contributed by atoms with van der Waals surface area (Å²) in [5.74, 6) is 2.07. The number of carbonyl (C=O) groups excluding carboxylic acids is 3. The van der Waals surface area contributed by atoms with Gasteiger partial charge in [-0.25, -0.2) is 4.79 Å². The van der Waals surface area contributed by atoms with Gasteiger partial charge in [0.2, 0.25) is 6.79 Å². The second-order valence-electron chi connectivity index (χ2n) is 10.2. The molecule has 0 aromatic heterocycles. The first-order valence-electron chi connectivity index (χ1n) is 11.3. The topological polar surface area (TPSA) is 84.9 Å². The maximum absolute atomic E-state index is 13.5. The van der Waals surface area contributed by atoms with E-state index in [1.54, 1.807) is 12.1 Å². The Labute approximate surface area is 194 Å². The number of urea groups is 1. The third-order valence-electron chi connectivity index (χ3n) is 8.28. The number of fused-ring (bicyclic) bond motifs is 1. The van der Waals surface area contributed by atoms with Crippen molar-refractivity contribution < 1.29 is 23.9 Å². The molecule has 4 saturated carbocycles. The standard InChI is InChI=1S/C24H25BrN2O5/c1-12(24-8-13-2-14(9-24)4-15(3-13)10-24)27-22(29)17(21(28)26-23(27)30)5-16-6-19-20(7-18(16)25)32-11-31-19/h5-7,12-15H,2-4,8-11H2,1H3,(H,26,28,30). The SMILES string of the molecule is CC(N1C(=O)NC(=O)C(=Cc2cc3c(cc2Br)OCO3)C1=O)C12CC3CC(CC(C3)C1)C2. The minimum absolute atomic E-state index is 0.0351. The highest BCUT2D eigenvalue weighted by Crippen LogP contribution is 2.62. The zero-order valence-electron chi connectivity index (χ0n) is 17.9. The van der Waals surface area contributed by atoms with Gasteiger partial charge in [0.25, 0.3) is 11.8 Å². The lowest BCUT2D eigenvalue weighted by Crippen LogP contribution is -2.63. The molecule has 5 fully saturated rings. The van der Waals surface area contributed by atoms with Gasteiger partial charge in [0, 0.05) is 10.5 Å². The highest BCUT2D eigenvalue weighted by atomic mass is 79.9. The summed E-state index contributed by atoms with van der Waals surface area (Å²) >= 11 is 3.48. The van der Waals surface area contributed by atoms with Crippen molar-refractivity contribution in [2.24, 2.45) is 23.2 Å². The van der Waals surface area contributed by atoms with E-state index in [2.05, 4.69) is 21.2 Å². The van der Waals surface area contributed by atoms with Crippen LogP contribution in [0.4, 0.5) is 4.79 Å². The number of hydrogen-bond acceptors (Lipinski definition) is 5. The van der Waals surface area contributed by atoms with Crippen molar-refractivity contribution in [1.29, 1.82) is 0 Å². The van der Waals surface area contributed by atoms with Crippen molar-refractivity contribution in [1.82, 2.24) is 10.2 Å². The number of rotatable bonds is 3. The van der Waals surface area contributed by atoms with Crippen molar-refractivity contribution in [3.8, 4) is 11.5 Å². The van der Waals surface area contributed by atoms with Gasteiger partial charge in [-0.3, -0.25) is 19.8 Å². The van der Waals surface area contributed by atoms with Crippen LogP contribution >= 0.6 is 15.9 Å². The molecule has 168 valence electrons. The van der Waals surface area contributed by atoms with Crippen molar-refractivity contribution in [2.75, 3.05) is 6.79 Å². The van der Waals surface area contributed by atoms with Crippen LogP contribution in [0.3, 0.4) is 0 Å². The van der Waals surface area contributed by atoms with Crippen LogP contribution in [0, 0.1) is 23.2 Å². The molecule has 0 spiro atoms. The van der Waals surface area contributed by atoms with Crippen LogP contribution in [-0.4, -0.2) is 35.6 Å². The Bertz CT molecular complexity index is 1050. The smallest absolute Gasteiger partial charge is 0.331 e. The van der Waals surface area contributed by atoms with E-state index in [1.807, 2.05) is 6.92 Å². The molecule has 7 nitrogen and oxygen atoms in total. The van der Waals surface area contributed by atoms with Gasteiger partial charge in [0.05, 0.1) is 0 Å². The van der Waals surface area contributed by atoms with E-state index in [0.717, 1.165) is 19.3 Å². The van der Waals surface area contributed by atoms with Gasteiger partial charge in [0.1, 0.15) is 5.57 Å². The zero-order valence-corrected chi connectivity index (χ0v) is 19.4. The minimum atomic E-state index is -0.668. The predicted octanol–water partition coefficient (Wildman–Crippen LogP) is 4.24. The molecule has 0 radical (unpaired) electrons. The molecule has 1 N–H and O–H groups in total. The van der Waals surface area contributed by atoms with Gasteiger partial charge >= 0.3 is 6.03 Å². The molecule has 2 heterocycles. The van der Waals surface area contributed by atoms with E-state index in [-0.39, 0.29) is 23.8 Å². The fourth-order valence-electron chi connectivity index (χ4n) is 7.19. The number of halogens is 1. The summed E-state index contributed by atoms with van der Waals surface area (Å²) in [6, 6.07) is 2.62. The first-order valence-corrected chi connectivity index (χ1v) is 12.1. The lowest BCUT2D eigenvalue weighted by Gasteiger charge is -2.60. The highest BCUT2D eigenvalue weighted by molar-refractivity contribution is 9.10. The van der Waals surface area contributed by atoms with E-state index in [9.17, 15) is 14.4 Å². The number of carbonyl (C=O) groups is 3. The van der Waals surface area contributed by atoms with Gasteiger partial charge in [0.15, 0.2) is 11.5 Å². The average molecular weight is 501 g/mol. The van der Waals surface area contributed by atoms with Gasteiger partial charge in [-0.2, -0.15) is 0 Å². The van der Waals surface area contributed by atoms with Crippen molar-refractivity contribution in [3.63, 3.8) is 0 Å². The number of nitrogens with zero attached hydrogens (tertiary/aromatic N) is 1. The van der Waals surface area contributed by atoms with Crippen molar-refractivity contribution in [3.05, 3.63) is 27.7 Å². The number of ether oxygens (including phenoxy) is 2. The van der Waals surface area contributed by atoms with E-state index in [4.69, 9.17) is 9.47 Å². The largest absolute Gasteiger partial charge is 0.454 e. The molecule has 4 aliphatic carbocycles. The molecule has 2 aliphatic heterocycles. The van der Waals surface area contributed by atoms with Crippen LogP contribution in [-0.2, 0) is 9.59 Å². The molecule has 4 amide bonds. The number of amides is 4. The summed E-state index contributed by atoms with van der Waals surface area (Å²) in [6.45, 7) is 2.13. The molecule has 1 saturated heterocycles. The first kappa shape index (κ1) is 20.3. The van der Waals surface area contributed by atoms with Crippen molar-refractivity contribution in [2.45, 2.75) is 51.5 Å². The van der Waals surface area contributed by atoms with Crippen LogP contribution in [0.25, 0.3) is 6.08 Å². The van der Waals surface area contributed by atoms with Crippen LogP contribution in [0.2, 0.25) is 0 Å². The van der Waals surface area contributed by atoms with Crippen LogP contribution in [0.1, 0.15) is 51.0 Å². The van der Waals surface area contributed by atoms with Crippen molar-refractivity contribution >= 4 is 39.9 Å². The van der Waals surface area contributed by atoms with Gasteiger partial charge < -0.3 is 9.47 Å². The fourth-order valence-corrected chi connectivity index (χ4v) is 7.62. The molecule has 8 heteroatoms. The zero-order chi connectivity index (χ0) is 22.2. The maximum Gasteiger partial charge on any atom is 0.331 e. The molecule has 1 atom stereocenters. The molecular weight excluding hydrogens is 476 g/mol. The van der Waals surface area contributed by atoms with Crippen LogP contribution in [0.15, 0.2) is 22.2 Å². The number of hydrogen-bond donors (Lipinski definition) is 1. The summed E-state index contributed by atoms with van der Waals surface area (Å²) in [5.41, 5.74) is 0.539. The molecule has 1 aromatic carbocycles. The van der Waals surface area contributed by atoms with Gasteiger partial charge in [-0.15, -0.1) is 0 Å². The number of imide groups is 2. The third kappa shape index (κ3) is 3.02. The monoisotopic (exact) mass is 500 g/mol. The molecule has 32 heavy (non-hydrogen) atoms. The first-order chi connectivity index (χ1) is 15.3. The van der Waals surface area contributed by atoms with E-state index >= 15 is 0 Å². The molecule has 1 unspecified atom stereocenters. The highest BCUT2D eigenvalue weighted by Gasteiger charge is 2.56. The summed E-state index contributed by atoms with van der Waals surface area (Å²) < 4.78 is 11.5. The Balaban J connectivity index is 1.34. The Morgan fingerprint density at radius 2 is 1.66 bits per heavy atom. The Kier molecular flexibility index (Phi) is 4.48. The van der Waals surface area contributed by atoms with Crippen LogP contribution in [0.5, 0.6) is 11.5 Å². The molecule has 7 rings (SSSR count). The minimum Gasteiger partial charge on any atom is -0.454 e. The molecule has 1 aromatic rings. The second-order valence-corrected chi connectivity index (χ2v) is 11.0. The Morgan fingerprint density at radius 3 is 2.28 bits per heavy atom. The normalized spacial score (nSPS) is 34.9. The summed E-state index contributed by atoms with van der Waals surface area (Å²) in [5, 5.41) is 2.40. The van der Waals surface area contributed by atoms with Gasteiger partial charge in [-0.1, -0.05) is 15.9 Å². The molecule has 4 bridgehead atoms. The number of benzene rings is 1. The predicted molar refractivity (Wildman–Crippen MR) is 119 cm³/mol. The van der Waals surface area contributed by atoms with Crippen LogP contribution < -0.4 is 14.8 Å². The molecule has 6 aliphatic rings. The molecular formula is C24H25BrN2O5. The lowest BCUT2D eigenvalue weighted by molar-refractivity contribution is -0.139. The number of nitrogens with one attached hydrogen (secondary N) is 1. The lowest BCUT2D eigenvalue weighted by atomic mass is 9.47. The number of barbiturate groups is 1. The van der Waals surface area contributed by atoms with E-state index < -0.39 is 17.8 Å². The van der Waals surface area contributed by atoms with E-state index in [1.165, 1.54) is 30.2 Å².